The fraction of sp³-hybridized carbons (Fsp3) is 0.538. The van der Waals surface area contributed by atoms with Crippen LogP contribution in [0, 0.1) is 5.82 Å². The number of ether oxygens (including phenoxy) is 1. The maximum Gasteiger partial charge on any atom is 0.167 e. The second-order valence-electron chi connectivity index (χ2n) is 4.01. The minimum atomic E-state index is -0.444. The molecule has 0 spiro atoms. The second-order valence-corrected chi connectivity index (χ2v) is 4.01. The molecule has 0 amide bonds. The Labute approximate surface area is 107 Å². The largest absolute Gasteiger partial charge is 0.491 e. The van der Waals surface area contributed by atoms with Crippen molar-refractivity contribution >= 4 is 11.4 Å². The summed E-state index contributed by atoms with van der Waals surface area (Å²) in [5.41, 5.74) is 6.79. The fourth-order valence-electron chi connectivity index (χ4n) is 1.62. The number of hydrogen-bond acceptors (Lipinski definition) is 4. The van der Waals surface area contributed by atoms with E-state index in [1.807, 2.05) is 0 Å². The molecule has 18 heavy (non-hydrogen) atoms. The van der Waals surface area contributed by atoms with Crippen LogP contribution >= 0.6 is 0 Å². The lowest BCUT2D eigenvalue weighted by Gasteiger charge is -2.12. The zero-order valence-electron chi connectivity index (χ0n) is 10.7. The predicted molar refractivity (Wildman–Crippen MR) is 71.4 cm³/mol. The van der Waals surface area contributed by atoms with Crippen molar-refractivity contribution in [3.8, 4) is 5.75 Å². The molecule has 5 heteroatoms. The lowest BCUT2D eigenvalue weighted by Crippen LogP contribution is -2.06. The van der Waals surface area contributed by atoms with Crippen molar-refractivity contribution in [2.45, 2.75) is 26.2 Å². The van der Waals surface area contributed by atoms with Crippen molar-refractivity contribution in [1.82, 2.24) is 0 Å². The first-order chi connectivity index (χ1) is 8.69. The number of hydrogen-bond donors (Lipinski definition) is 3. The molecule has 0 bridgehead atoms. The van der Waals surface area contributed by atoms with Gasteiger partial charge in [0.1, 0.15) is 0 Å². The number of nitrogens with two attached hydrogens (primary N) is 1. The van der Waals surface area contributed by atoms with Crippen molar-refractivity contribution < 1.29 is 14.2 Å². The average Bonchev–Trinajstić information content (AvgIpc) is 2.34. The number of benzene rings is 1. The van der Waals surface area contributed by atoms with E-state index in [4.69, 9.17) is 15.6 Å². The third-order valence-electron chi connectivity index (χ3n) is 2.55. The molecule has 102 valence electrons. The summed E-state index contributed by atoms with van der Waals surface area (Å²) in [6.07, 6.45) is 2.68. The number of aliphatic hydroxyl groups excluding tert-OH is 1. The molecule has 0 aromatic heterocycles. The van der Waals surface area contributed by atoms with Gasteiger partial charge in [-0.2, -0.15) is 0 Å². The van der Waals surface area contributed by atoms with Crippen molar-refractivity contribution in [3.05, 3.63) is 17.9 Å². The predicted octanol–water partition coefficient (Wildman–Crippen LogP) is 2.38. The molecule has 0 atom stereocenters. The lowest BCUT2D eigenvalue weighted by atomic mass is 10.2. The van der Waals surface area contributed by atoms with Crippen molar-refractivity contribution in [2.75, 3.05) is 30.8 Å². The smallest absolute Gasteiger partial charge is 0.167 e. The Bertz CT molecular complexity index is 372. The number of rotatable bonds is 8. The first-order valence-corrected chi connectivity index (χ1v) is 6.25. The van der Waals surface area contributed by atoms with Gasteiger partial charge in [-0.1, -0.05) is 0 Å². The third kappa shape index (κ3) is 4.41. The van der Waals surface area contributed by atoms with E-state index in [0.717, 1.165) is 25.8 Å². The maximum atomic E-state index is 13.4. The molecule has 0 saturated heterocycles. The molecule has 4 N–H and O–H groups in total. The van der Waals surface area contributed by atoms with Crippen molar-refractivity contribution in [3.63, 3.8) is 0 Å². The van der Waals surface area contributed by atoms with Gasteiger partial charge in [0.05, 0.1) is 18.0 Å². The molecule has 0 unspecified atom stereocenters. The Morgan fingerprint density at radius 2 is 2.11 bits per heavy atom. The minimum Gasteiger partial charge on any atom is -0.491 e. The van der Waals surface area contributed by atoms with Gasteiger partial charge in [-0.15, -0.1) is 0 Å². The van der Waals surface area contributed by atoms with Crippen LogP contribution in [0.3, 0.4) is 0 Å². The van der Waals surface area contributed by atoms with Gasteiger partial charge in [0.25, 0.3) is 0 Å². The molecule has 0 fully saturated rings. The van der Waals surface area contributed by atoms with Crippen LogP contribution in [0.1, 0.15) is 26.2 Å². The molecular formula is C13H21FN2O2. The summed E-state index contributed by atoms with van der Waals surface area (Å²) in [7, 11) is 0. The normalized spacial score (nSPS) is 10.4. The molecule has 1 aromatic carbocycles. The summed E-state index contributed by atoms with van der Waals surface area (Å²) in [5, 5.41) is 11.8. The monoisotopic (exact) mass is 256 g/mol. The number of unbranched alkanes of at least 4 members (excludes halogenated alkanes) is 2. The maximum absolute atomic E-state index is 13.4. The lowest BCUT2D eigenvalue weighted by molar-refractivity contribution is 0.283. The van der Waals surface area contributed by atoms with Gasteiger partial charge in [0.2, 0.25) is 0 Å². The highest BCUT2D eigenvalue weighted by atomic mass is 19.1. The Hall–Kier alpha value is -1.49. The number of anilines is 2. The molecule has 0 heterocycles. The zero-order valence-corrected chi connectivity index (χ0v) is 10.7. The molecule has 0 saturated carbocycles. The Balaban J connectivity index is 2.56. The van der Waals surface area contributed by atoms with Crippen LogP contribution in [0.25, 0.3) is 0 Å². The van der Waals surface area contributed by atoms with Gasteiger partial charge in [-0.05, 0) is 26.2 Å². The van der Waals surface area contributed by atoms with Gasteiger partial charge in [-0.3, -0.25) is 0 Å². The van der Waals surface area contributed by atoms with E-state index < -0.39 is 5.82 Å². The van der Waals surface area contributed by atoms with Gasteiger partial charge in [-0.25, -0.2) is 4.39 Å². The molecular weight excluding hydrogens is 235 g/mol. The molecule has 1 rings (SSSR count). The Morgan fingerprint density at radius 3 is 2.78 bits per heavy atom. The van der Waals surface area contributed by atoms with Crippen LogP contribution in [0.2, 0.25) is 0 Å². The Kier molecular flexibility index (Phi) is 6.28. The molecule has 0 radical (unpaired) electrons. The van der Waals surface area contributed by atoms with Crippen LogP contribution in [0.5, 0.6) is 5.75 Å². The molecule has 1 aromatic rings. The Morgan fingerprint density at radius 1 is 1.33 bits per heavy atom. The third-order valence-corrected chi connectivity index (χ3v) is 2.55. The van der Waals surface area contributed by atoms with E-state index in [-0.39, 0.29) is 12.4 Å². The van der Waals surface area contributed by atoms with E-state index in [1.54, 1.807) is 13.0 Å². The molecule has 0 aliphatic carbocycles. The minimum absolute atomic E-state index is 0.213. The second kappa shape index (κ2) is 7.76. The van der Waals surface area contributed by atoms with Gasteiger partial charge >= 0.3 is 0 Å². The van der Waals surface area contributed by atoms with Gasteiger partial charge in [0.15, 0.2) is 11.6 Å². The van der Waals surface area contributed by atoms with Gasteiger partial charge in [0, 0.05) is 25.3 Å². The highest BCUT2D eigenvalue weighted by Crippen LogP contribution is 2.28. The van der Waals surface area contributed by atoms with Gasteiger partial charge < -0.3 is 20.9 Å². The number of nitrogen functional groups attached to an aromatic ring is 1. The SMILES string of the molecule is CCOc1cc(NCCCCCO)c(N)cc1F. The average molecular weight is 256 g/mol. The first-order valence-electron chi connectivity index (χ1n) is 6.25. The quantitative estimate of drug-likeness (QED) is 0.493. The van der Waals surface area contributed by atoms with Crippen molar-refractivity contribution in [1.29, 1.82) is 0 Å². The standard InChI is InChI=1S/C13H21FN2O2/c1-2-18-13-9-12(11(15)8-10(13)14)16-6-4-3-5-7-17/h8-9,16-17H,2-7,15H2,1H3. The first kappa shape index (κ1) is 14.6. The highest BCUT2D eigenvalue weighted by Gasteiger charge is 2.08. The number of nitrogens with one attached hydrogen (secondary N) is 1. The van der Waals surface area contributed by atoms with E-state index in [1.165, 1.54) is 6.07 Å². The summed E-state index contributed by atoms with van der Waals surface area (Å²) in [6.45, 7) is 3.17. The van der Waals surface area contributed by atoms with Crippen LogP contribution in [0.15, 0.2) is 12.1 Å². The van der Waals surface area contributed by atoms with E-state index in [9.17, 15) is 4.39 Å². The fourth-order valence-corrected chi connectivity index (χ4v) is 1.62. The zero-order chi connectivity index (χ0) is 13.4. The topological polar surface area (TPSA) is 67.5 Å². The summed E-state index contributed by atoms with van der Waals surface area (Å²) >= 11 is 0. The summed E-state index contributed by atoms with van der Waals surface area (Å²) < 4.78 is 18.6. The van der Waals surface area contributed by atoms with E-state index >= 15 is 0 Å². The van der Waals surface area contributed by atoms with Crippen LogP contribution in [-0.2, 0) is 0 Å². The van der Waals surface area contributed by atoms with Crippen LogP contribution in [-0.4, -0.2) is 24.9 Å². The van der Waals surface area contributed by atoms with E-state index in [0.29, 0.717) is 18.0 Å². The van der Waals surface area contributed by atoms with Crippen molar-refractivity contribution in [2.24, 2.45) is 0 Å². The molecule has 4 nitrogen and oxygen atoms in total. The van der Waals surface area contributed by atoms with Crippen LogP contribution < -0.4 is 15.8 Å². The highest BCUT2D eigenvalue weighted by molar-refractivity contribution is 5.68. The van der Waals surface area contributed by atoms with Crippen LogP contribution in [0.4, 0.5) is 15.8 Å². The summed E-state index contributed by atoms with van der Waals surface area (Å²) in [5.74, 6) is -0.232. The number of aliphatic hydroxyl groups is 1. The summed E-state index contributed by atoms with van der Waals surface area (Å²) in [4.78, 5) is 0. The summed E-state index contributed by atoms with van der Waals surface area (Å²) in [6, 6.07) is 2.85. The van der Waals surface area contributed by atoms with E-state index in [2.05, 4.69) is 5.32 Å². The number of halogens is 1. The molecule has 0 aliphatic rings. The molecule has 0 aliphatic heterocycles.